The van der Waals surface area contributed by atoms with Gasteiger partial charge in [0, 0.05) is 5.56 Å². The van der Waals surface area contributed by atoms with E-state index in [4.69, 9.17) is 9.47 Å². The maximum absolute atomic E-state index is 14.1. The van der Waals surface area contributed by atoms with Gasteiger partial charge in [0.05, 0.1) is 0 Å². The lowest BCUT2D eigenvalue weighted by molar-refractivity contribution is -0.129. The SMILES string of the molecule is O=C1OC(c2ccccc2)=NC1=Cc1ccc(F)c(OCc2ccccc2)c1. The summed E-state index contributed by atoms with van der Waals surface area (Å²) >= 11 is 0. The number of halogens is 1. The molecule has 4 rings (SSSR count). The van der Waals surface area contributed by atoms with Crippen molar-refractivity contribution in [2.75, 3.05) is 0 Å². The first-order chi connectivity index (χ1) is 13.7. The van der Waals surface area contributed by atoms with E-state index in [1.54, 1.807) is 12.1 Å². The second-order valence-electron chi connectivity index (χ2n) is 6.17. The van der Waals surface area contributed by atoms with Gasteiger partial charge >= 0.3 is 5.97 Å². The summed E-state index contributed by atoms with van der Waals surface area (Å²) in [7, 11) is 0. The highest BCUT2D eigenvalue weighted by molar-refractivity contribution is 6.12. The third kappa shape index (κ3) is 3.99. The van der Waals surface area contributed by atoms with Crippen LogP contribution in [0, 0.1) is 5.82 Å². The molecule has 0 saturated carbocycles. The third-order valence-corrected chi connectivity index (χ3v) is 4.14. The summed E-state index contributed by atoms with van der Waals surface area (Å²) in [4.78, 5) is 16.4. The standard InChI is InChI=1S/C23H16FNO3/c24-19-12-11-17(14-21(19)27-15-16-7-3-1-4-8-16)13-20-23(26)28-22(25-20)18-9-5-2-6-10-18/h1-14H,15H2. The Hall–Kier alpha value is -3.73. The first-order valence-corrected chi connectivity index (χ1v) is 8.73. The van der Waals surface area contributed by atoms with Gasteiger partial charge in [-0.15, -0.1) is 0 Å². The van der Waals surface area contributed by atoms with Gasteiger partial charge in [0.2, 0.25) is 5.90 Å². The molecular formula is C23H16FNO3. The lowest BCUT2D eigenvalue weighted by Gasteiger charge is -2.08. The molecule has 0 bridgehead atoms. The monoisotopic (exact) mass is 373 g/mol. The van der Waals surface area contributed by atoms with Crippen molar-refractivity contribution in [3.05, 3.63) is 107 Å². The third-order valence-electron chi connectivity index (χ3n) is 4.14. The molecule has 0 aliphatic carbocycles. The van der Waals surface area contributed by atoms with Crippen LogP contribution in [-0.2, 0) is 16.1 Å². The van der Waals surface area contributed by atoms with Crippen molar-refractivity contribution in [3.63, 3.8) is 0 Å². The van der Waals surface area contributed by atoms with Gasteiger partial charge in [-0.3, -0.25) is 0 Å². The zero-order valence-electron chi connectivity index (χ0n) is 14.8. The predicted octanol–water partition coefficient (Wildman–Crippen LogP) is 4.75. The molecular weight excluding hydrogens is 357 g/mol. The zero-order chi connectivity index (χ0) is 19.3. The molecule has 4 nitrogen and oxygen atoms in total. The van der Waals surface area contributed by atoms with E-state index >= 15 is 0 Å². The molecule has 0 spiro atoms. The minimum atomic E-state index is -0.546. The molecule has 1 heterocycles. The molecule has 3 aromatic rings. The Kier molecular flexibility index (Phi) is 4.97. The van der Waals surface area contributed by atoms with Crippen LogP contribution in [0.15, 0.2) is 89.6 Å². The van der Waals surface area contributed by atoms with Gasteiger partial charge in [-0.1, -0.05) is 54.6 Å². The number of cyclic esters (lactones) is 1. The summed E-state index contributed by atoms with van der Waals surface area (Å²) in [6, 6.07) is 23.0. The first kappa shape index (κ1) is 17.7. The van der Waals surface area contributed by atoms with Crippen molar-refractivity contribution >= 4 is 17.9 Å². The van der Waals surface area contributed by atoms with E-state index in [9.17, 15) is 9.18 Å². The van der Waals surface area contributed by atoms with E-state index in [0.29, 0.717) is 11.1 Å². The van der Waals surface area contributed by atoms with Crippen LogP contribution in [0.25, 0.3) is 6.08 Å². The van der Waals surface area contributed by atoms with Crippen molar-refractivity contribution in [1.29, 1.82) is 0 Å². The van der Waals surface area contributed by atoms with Crippen LogP contribution in [0.2, 0.25) is 0 Å². The highest BCUT2D eigenvalue weighted by atomic mass is 19.1. The van der Waals surface area contributed by atoms with Gasteiger partial charge in [-0.25, -0.2) is 14.2 Å². The summed E-state index contributed by atoms with van der Waals surface area (Å²) < 4.78 is 24.9. The topological polar surface area (TPSA) is 47.9 Å². The minimum Gasteiger partial charge on any atom is -0.486 e. The molecule has 0 unspecified atom stereocenters. The summed E-state index contributed by atoms with van der Waals surface area (Å²) in [5.41, 5.74) is 2.39. The second-order valence-corrected chi connectivity index (χ2v) is 6.17. The van der Waals surface area contributed by atoms with Crippen LogP contribution in [0.4, 0.5) is 4.39 Å². The van der Waals surface area contributed by atoms with E-state index in [0.717, 1.165) is 5.56 Å². The Morgan fingerprint density at radius 1 is 0.964 bits per heavy atom. The molecule has 0 radical (unpaired) electrons. The highest BCUT2D eigenvalue weighted by Gasteiger charge is 2.24. The van der Waals surface area contributed by atoms with Crippen molar-refractivity contribution < 1.29 is 18.7 Å². The normalized spacial score (nSPS) is 14.7. The first-order valence-electron chi connectivity index (χ1n) is 8.73. The minimum absolute atomic E-state index is 0.108. The lowest BCUT2D eigenvalue weighted by atomic mass is 10.1. The number of hydrogen-bond acceptors (Lipinski definition) is 4. The van der Waals surface area contributed by atoms with Gasteiger partial charge in [0.1, 0.15) is 6.61 Å². The molecule has 0 saturated heterocycles. The van der Waals surface area contributed by atoms with E-state index in [-0.39, 0.29) is 24.0 Å². The van der Waals surface area contributed by atoms with Crippen LogP contribution >= 0.6 is 0 Å². The average Bonchev–Trinajstić information content (AvgIpc) is 3.10. The van der Waals surface area contributed by atoms with Crippen molar-refractivity contribution in [2.24, 2.45) is 4.99 Å². The smallest absolute Gasteiger partial charge is 0.363 e. The quantitative estimate of drug-likeness (QED) is 0.479. The summed E-state index contributed by atoms with van der Waals surface area (Å²) in [5.74, 6) is -0.660. The van der Waals surface area contributed by atoms with Gasteiger partial charge in [-0.2, -0.15) is 0 Å². The molecule has 3 aromatic carbocycles. The van der Waals surface area contributed by atoms with Crippen LogP contribution < -0.4 is 4.74 Å². The molecule has 0 N–H and O–H groups in total. The fraction of sp³-hybridized carbons (Fsp3) is 0.0435. The number of carbonyl (C=O) groups is 1. The van der Waals surface area contributed by atoms with E-state index in [1.165, 1.54) is 12.1 Å². The fourth-order valence-corrected chi connectivity index (χ4v) is 2.73. The van der Waals surface area contributed by atoms with Crippen LogP contribution in [0.3, 0.4) is 0 Å². The second kappa shape index (κ2) is 7.88. The number of nitrogens with zero attached hydrogens (tertiary/aromatic N) is 1. The summed E-state index contributed by atoms with van der Waals surface area (Å²) in [6.07, 6.45) is 1.55. The highest BCUT2D eigenvalue weighted by Crippen LogP contribution is 2.24. The van der Waals surface area contributed by atoms with Crippen molar-refractivity contribution in [3.8, 4) is 5.75 Å². The van der Waals surface area contributed by atoms with Gasteiger partial charge in [0.25, 0.3) is 0 Å². The Labute approximate surface area is 161 Å². The van der Waals surface area contributed by atoms with Crippen molar-refractivity contribution in [1.82, 2.24) is 0 Å². The Bertz CT molecular complexity index is 1060. The van der Waals surface area contributed by atoms with Crippen LogP contribution in [0.1, 0.15) is 16.7 Å². The average molecular weight is 373 g/mol. The molecule has 28 heavy (non-hydrogen) atoms. The predicted molar refractivity (Wildman–Crippen MR) is 104 cm³/mol. The molecule has 0 amide bonds. The molecule has 0 atom stereocenters. The van der Waals surface area contributed by atoms with Crippen LogP contribution in [-0.4, -0.2) is 11.9 Å². The number of benzene rings is 3. The number of carbonyl (C=O) groups excluding carboxylic acids is 1. The maximum atomic E-state index is 14.1. The number of hydrogen-bond donors (Lipinski definition) is 0. The number of rotatable bonds is 5. The maximum Gasteiger partial charge on any atom is 0.363 e. The molecule has 1 aliphatic rings. The van der Waals surface area contributed by atoms with E-state index < -0.39 is 11.8 Å². The Morgan fingerprint density at radius 3 is 2.43 bits per heavy atom. The van der Waals surface area contributed by atoms with Gasteiger partial charge < -0.3 is 9.47 Å². The number of aliphatic imine (C=N–C) groups is 1. The largest absolute Gasteiger partial charge is 0.486 e. The lowest BCUT2D eigenvalue weighted by Crippen LogP contribution is -2.04. The molecule has 138 valence electrons. The van der Waals surface area contributed by atoms with Gasteiger partial charge in [-0.05, 0) is 41.5 Å². The summed E-state index contributed by atoms with van der Waals surface area (Å²) in [6.45, 7) is 0.246. The molecule has 1 aliphatic heterocycles. The Balaban J connectivity index is 1.56. The molecule has 5 heteroatoms. The molecule has 0 aromatic heterocycles. The number of esters is 1. The van der Waals surface area contributed by atoms with Crippen molar-refractivity contribution in [2.45, 2.75) is 6.61 Å². The van der Waals surface area contributed by atoms with E-state index in [2.05, 4.69) is 4.99 Å². The molecule has 0 fully saturated rings. The Morgan fingerprint density at radius 2 is 1.68 bits per heavy atom. The summed E-state index contributed by atoms with van der Waals surface area (Å²) in [5, 5.41) is 0. The van der Waals surface area contributed by atoms with E-state index in [1.807, 2.05) is 60.7 Å². The fourth-order valence-electron chi connectivity index (χ4n) is 2.73. The van der Waals surface area contributed by atoms with Crippen LogP contribution in [0.5, 0.6) is 5.75 Å². The van der Waals surface area contributed by atoms with Gasteiger partial charge in [0.15, 0.2) is 17.3 Å². The zero-order valence-corrected chi connectivity index (χ0v) is 14.8. The number of ether oxygens (including phenoxy) is 2.